The van der Waals surface area contributed by atoms with Gasteiger partial charge < -0.3 is 15.4 Å². The van der Waals surface area contributed by atoms with Crippen LogP contribution in [0.5, 0.6) is 5.75 Å². The molecule has 1 aromatic carbocycles. The van der Waals surface area contributed by atoms with Gasteiger partial charge in [0.05, 0.1) is 6.54 Å². The molecule has 0 aliphatic carbocycles. The first-order valence-corrected chi connectivity index (χ1v) is 6.65. The molecule has 3 N–H and O–H groups in total. The summed E-state index contributed by atoms with van der Waals surface area (Å²) in [5, 5.41) is 7.27. The Morgan fingerprint density at radius 3 is 2.57 bits per heavy atom. The van der Waals surface area contributed by atoms with Gasteiger partial charge >= 0.3 is 5.51 Å². The molecule has 0 aliphatic rings. The van der Waals surface area contributed by atoms with E-state index in [1.165, 1.54) is 30.1 Å². The summed E-state index contributed by atoms with van der Waals surface area (Å²) in [6.45, 7) is 1.03. The molecule has 0 aliphatic heterocycles. The van der Waals surface area contributed by atoms with Crippen LogP contribution >= 0.6 is 11.8 Å². The van der Waals surface area contributed by atoms with Crippen molar-refractivity contribution in [2.75, 3.05) is 7.05 Å². The van der Waals surface area contributed by atoms with Crippen LogP contribution in [0, 0.1) is 5.41 Å². The van der Waals surface area contributed by atoms with E-state index in [1.54, 1.807) is 0 Å². The van der Waals surface area contributed by atoms with E-state index in [0.29, 0.717) is 0 Å². The van der Waals surface area contributed by atoms with Crippen LogP contribution in [0.2, 0.25) is 0 Å². The highest BCUT2D eigenvalue weighted by atomic mass is 32.2. The Labute approximate surface area is 123 Å². The second kappa shape index (κ2) is 6.88. The van der Waals surface area contributed by atoms with E-state index in [-0.39, 0.29) is 40.5 Å². The number of hydrogen-bond acceptors (Lipinski definition) is 3. The first-order valence-electron chi connectivity index (χ1n) is 5.83. The molecule has 0 fully saturated rings. The molecule has 0 saturated carbocycles. The zero-order chi connectivity index (χ0) is 16.2. The molecule has 0 heterocycles. The van der Waals surface area contributed by atoms with Crippen molar-refractivity contribution in [3.05, 3.63) is 23.8 Å². The van der Waals surface area contributed by atoms with Gasteiger partial charge in [-0.25, -0.2) is 4.39 Å². The van der Waals surface area contributed by atoms with Gasteiger partial charge in [0.2, 0.25) is 6.36 Å². The highest BCUT2D eigenvalue weighted by Crippen LogP contribution is 2.41. The number of guanidine groups is 1. The summed E-state index contributed by atoms with van der Waals surface area (Å²) < 4.78 is 55.6. The molecule has 0 bridgehead atoms. The first-order chi connectivity index (χ1) is 9.60. The highest BCUT2D eigenvalue weighted by molar-refractivity contribution is 8.00. The molecule has 21 heavy (non-hydrogen) atoms. The fraction of sp³-hybridized carbons (Fsp3) is 0.417. The van der Waals surface area contributed by atoms with Crippen molar-refractivity contribution >= 4 is 17.7 Å². The van der Waals surface area contributed by atoms with E-state index in [0.717, 1.165) is 6.92 Å². The van der Waals surface area contributed by atoms with Gasteiger partial charge in [0, 0.05) is 24.4 Å². The molecule has 118 valence electrons. The minimum atomic E-state index is -4.48. The van der Waals surface area contributed by atoms with E-state index in [9.17, 15) is 17.6 Å². The van der Waals surface area contributed by atoms with Crippen LogP contribution in [0.3, 0.4) is 0 Å². The Morgan fingerprint density at radius 1 is 1.48 bits per heavy atom. The molecule has 4 nitrogen and oxygen atoms in total. The molecule has 0 amide bonds. The predicted molar refractivity (Wildman–Crippen MR) is 72.9 cm³/mol. The van der Waals surface area contributed by atoms with Crippen molar-refractivity contribution in [2.24, 2.45) is 5.73 Å². The molecule has 1 aromatic rings. The lowest BCUT2D eigenvalue weighted by Gasteiger charge is -2.22. The number of ether oxygens (including phenoxy) is 1. The molecule has 0 radical (unpaired) electrons. The smallest absolute Gasteiger partial charge is 0.446 e. The zero-order valence-corrected chi connectivity index (χ0v) is 12.2. The number of thioether (sulfide) groups is 1. The minimum Gasteiger partial charge on any atom is -0.460 e. The summed E-state index contributed by atoms with van der Waals surface area (Å²) in [5.74, 6) is -0.326. The third kappa shape index (κ3) is 5.70. The largest absolute Gasteiger partial charge is 0.460 e. The number of rotatable bonds is 5. The number of nitrogens with two attached hydrogens (primary N) is 1. The molecule has 9 heteroatoms. The summed E-state index contributed by atoms with van der Waals surface area (Å²) in [7, 11) is 1.44. The summed E-state index contributed by atoms with van der Waals surface area (Å²) in [6.07, 6.45) is -1.67. The Kier molecular flexibility index (Phi) is 5.70. The van der Waals surface area contributed by atoms with E-state index in [1.807, 2.05) is 0 Å². The molecule has 1 atom stereocenters. The lowest BCUT2D eigenvalue weighted by atomic mass is 10.2. The SMILES string of the molecule is CC(F)Oc1cccc(SC(F)(F)F)c1CN(C)C(=N)N. The van der Waals surface area contributed by atoms with Gasteiger partial charge in [-0.2, -0.15) is 13.2 Å². The quantitative estimate of drug-likeness (QED) is 0.377. The monoisotopic (exact) mass is 325 g/mol. The van der Waals surface area contributed by atoms with Crippen LogP contribution in [-0.4, -0.2) is 29.8 Å². The topological polar surface area (TPSA) is 62.3 Å². The van der Waals surface area contributed by atoms with Crippen LogP contribution in [0.15, 0.2) is 23.1 Å². The lowest BCUT2D eigenvalue weighted by molar-refractivity contribution is -0.0328. The van der Waals surface area contributed by atoms with Crippen LogP contribution in [-0.2, 0) is 6.54 Å². The number of nitrogens with zero attached hydrogens (tertiary/aromatic N) is 1. The average molecular weight is 325 g/mol. The Bertz CT molecular complexity index is 508. The summed E-state index contributed by atoms with van der Waals surface area (Å²) >= 11 is -0.318. The molecule has 1 unspecified atom stereocenters. The van der Waals surface area contributed by atoms with Gasteiger partial charge in [0.25, 0.3) is 0 Å². The minimum absolute atomic E-state index is 0.00708. The van der Waals surface area contributed by atoms with Gasteiger partial charge in [-0.05, 0) is 23.9 Å². The standard InChI is InChI=1S/C12H15F4N3OS/c1-7(13)20-9-4-3-5-10(21-12(14,15)16)8(9)6-19(2)11(17)18/h3-5,7H,6H2,1-2H3,(H3,17,18). The molecule has 0 spiro atoms. The van der Waals surface area contributed by atoms with E-state index in [4.69, 9.17) is 15.9 Å². The number of benzene rings is 1. The maximum Gasteiger partial charge on any atom is 0.446 e. The highest BCUT2D eigenvalue weighted by Gasteiger charge is 2.31. The molecular weight excluding hydrogens is 310 g/mol. The molecule has 1 rings (SSSR count). The summed E-state index contributed by atoms with van der Waals surface area (Å²) in [6, 6.07) is 3.99. The normalized spacial score (nSPS) is 12.9. The maximum atomic E-state index is 13.0. The van der Waals surface area contributed by atoms with E-state index < -0.39 is 11.9 Å². The van der Waals surface area contributed by atoms with Crippen molar-refractivity contribution < 1.29 is 22.3 Å². The second-order valence-corrected chi connectivity index (χ2v) is 5.29. The van der Waals surface area contributed by atoms with Gasteiger partial charge in [0.15, 0.2) is 5.96 Å². The number of nitrogens with one attached hydrogen (secondary N) is 1. The molecule has 0 saturated heterocycles. The van der Waals surface area contributed by atoms with Gasteiger partial charge in [-0.3, -0.25) is 5.41 Å². The summed E-state index contributed by atoms with van der Waals surface area (Å²) in [4.78, 5) is 1.11. The van der Waals surface area contributed by atoms with Crippen molar-refractivity contribution in [1.29, 1.82) is 5.41 Å². The van der Waals surface area contributed by atoms with Crippen molar-refractivity contribution in [2.45, 2.75) is 30.2 Å². The number of hydrogen-bond donors (Lipinski definition) is 2. The Morgan fingerprint density at radius 2 is 2.10 bits per heavy atom. The molecule has 0 aromatic heterocycles. The van der Waals surface area contributed by atoms with Gasteiger partial charge in [0.1, 0.15) is 5.75 Å². The van der Waals surface area contributed by atoms with Gasteiger partial charge in [-0.15, -0.1) is 0 Å². The number of halogens is 4. The second-order valence-electron chi connectivity index (χ2n) is 4.18. The third-order valence-electron chi connectivity index (χ3n) is 2.41. The predicted octanol–water partition coefficient (Wildman–Crippen LogP) is 3.32. The lowest BCUT2D eigenvalue weighted by Crippen LogP contribution is -2.32. The van der Waals surface area contributed by atoms with Crippen molar-refractivity contribution in [1.82, 2.24) is 4.90 Å². The van der Waals surface area contributed by atoms with Crippen LogP contribution < -0.4 is 10.5 Å². The molecular formula is C12H15F4N3OS. The van der Waals surface area contributed by atoms with E-state index in [2.05, 4.69) is 0 Å². The van der Waals surface area contributed by atoms with Crippen molar-refractivity contribution in [3.8, 4) is 5.75 Å². The summed E-state index contributed by atoms with van der Waals surface area (Å²) in [5.41, 5.74) is 0.922. The third-order valence-corrected chi connectivity index (χ3v) is 3.25. The van der Waals surface area contributed by atoms with Crippen LogP contribution in [0.4, 0.5) is 17.6 Å². The number of alkyl halides is 4. The first kappa shape index (κ1) is 17.4. The van der Waals surface area contributed by atoms with Crippen molar-refractivity contribution in [3.63, 3.8) is 0 Å². The Balaban J connectivity index is 3.19. The van der Waals surface area contributed by atoms with Crippen LogP contribution in [0.25, 0.3) is 0 Å². The maximum absolute atomic E-state index is 13.0. The zero-order valence-electron chi connectivity index (χ0n) is 11.4. The fourth-order valence-electron chi connectivity index (χ4n) is 1.53. The van der Waals surface area contributed by atoms with Crippen LogP contribution in [0.1, 0.15) is 12.5 Å². The van der Waals surface area contributed by atoms with E-state index >= 15 is 0 Å². The Hall–Kier alpha value is -1.64. The average Bonchev–Trinajstić information content (AvgIpc) is 2.30. The van der Waals surface area contributed by atoms with Gasteiger partial charge in [-0.1, -0.05) is 6.07 Å². The fourth-order valence-corrected chi connectivity index (χ4v) is 2.21.